The molecule has 22 heavy (non-hydrogen) atoms. The lowest BCUT2D eigenvalue weighted by atomic mass is 9.80. The Kier molecular flexibility index (Phi) is 4.10. The Hall–Kier alpha value is -1.80. The van der Waals surface area contributed by atoms with Crippen molar-refractivity contribution >= 4 is 24.4 Å². The summed E-state index contributed by atoms with van der Waals surface area (Å²) >= 11 is 0. The van der Waals surface area contributed by atoms with Crippen LogP contribution in [0.25, 0.3) is 0 Å². The molecule has 1 aromatic rings. The lowest BCUT2D eigenvalue weighted by Crippen LogP contribution is -2.41. The van der Waals surface area contributed by atoms with Gasteiger partial charge in [0, 0.05) is 18.7 Å². The first-order chi connectivity index (χ1) is 10.1. The number of hydrogen-bond acceptors (Lipinski definition) is 5. The first-order valence-electron chi connectivity index (χ1n) is 6.98. The van der Waals surface area contributed by atoms with Crippen molar-refractivity contribution in [3.05, 3.63) is 22.6 Å². The van der Waals surface area contributed by atoms with E-state index in [9.17, 15) is 9.59 Å². The summed E-state index contributed by atoms with van der Waals surface area (Å²) in [5, 5.41) is 2.40. The van der Waals surface area contributed by atoms with E-state index in [0.29, 0.717) is 5.46 Å². The van der Waals surface area contributed by atoms with E-state index in [0.717, 1.165) is 0 Å². The molecule has 120 valence electrons. The van der Waals surface area contributed by atoms with Gasteiger partial charge < -0.3 is 18.6 Å². The van der Waals surface area contributed by atoms with Gasteiger partial charge in [-0.05, 0) is 33.8 Å². The maximum absolute atomic E-state index is 12.1. The topological polar surface area (TPSA) is 78.8 Å². The highest BCUT2D eigenvalue weighted by Crippen LogP contribution is 2.36. The minimum absolute atomic E-state index is 0.113. The van der Waals surface area contributed by atoms with Gasteiger partial charge in [-0.1, -0.05) is 0 Å². The van der Waals surface area contributed by atoms with Crippen molar-refractivity contribution in [3.63, 3.8) is 0 Å². The molecular weight excluding hydrogens is 287 g/mol. The Bertz CT molecular complexity index is 637. The van der Waals surface area contributed by atoms with Gasteiger partial charge in [0.2, 0.25) is 0 Å². The number of anilines is 1. The van der Waals surface area contributed by atoms with Crippen LogP contribution in [0.3, 0.4) is 0 Å². The van der Waals surface area contributed by atoms with Gasteiger partial charge in [-0.15, -0.1) is 0 Å². The van der Waals surface area contributed by atoms with E-state index in [-0.39, 0.29) is 11.2 Å². The maximum atomic E-state index is 12.1. The number of amides is 1. The molecule has 7 nitrogen and oxygen atoms in total. The molecule has 1 fully saturated rings. The standard InChI is InChI=1S/C14H21BN2O5/c1-13(2)14(3,4)22-15(21-13)9-7-10(16-12(19)20-6)11(18)17(5)8-9/h7-8H,1-6H3,(H,16,19). The molecule has 2 rings (SSSR count). The predicted molar refractivity (Wildman–Crippen MR) is 83.4 cm³/mol. The van der Waals surface area contributed by atoms with Gasteiger partial charge in [-0.25, -0.2) is 4.79 Å². The second-order valence-corrected chi connectivity index (χ2v) is 6.31. The minimum Gasteiger partial charge on any atom is -0.453 e. The van der Waals surface area contributed by atoms with Gasteiger partial charge in [0.25, 0.3) is 5.56 Å². The molecule has 0 saturated carbocycles. The molecule has 1 N–H and O–H groups in total. The molecule has 0 aromatic carbocycles. The second kappa shape index (κ2) is 5.44. The van der Waals surface area contributed by atoms with Crippen molar-refractivity contribution in [2.45, 2.75) is 38.9 Å². The third-order valence-electron chi connectivity index (χ3n) is 4.15. The van der Waals surface area contributed by atoms with Gasteiger partial charge in [0.05, 0.1) is 18.3 Å². The van der Waals surface area contributed by atoms with E-state index < -0.39 is 24.4 Å². The largest absolute Gasteiger partial charge is 0.496 e. The number of nitrogens with zero attached hydrogens (tertiary/aromatic N) is 1. The number of aromatic nitrogens is 1. The SMILES string of the molecule is COC(=O)Nc1cc(B2OC(C)(C)C(C)(C)O2)cn(C)c1=O. The Balaban J connectivity index is 2.38. The van der Waals surface area contributed by atoms with Crippen LogP contribution in [-0.2, 0) is 21.1 Å². The van der Waals surface area contributed by atoms with Gasteiger partial charge in [-0.3, -0.25) is 10.1 Å². The van der Waals surface area contributed by atoms with Crippen molar-refractivity contribution in [2.75, 3.05) is 12.4 Å². The number of ether oxygens (including phenoxy) is 1. The summed E-state index contributed by atoms with van der Waals surface area (Å²) < 4.78 is 17.8. The molecular formula is C14H21BN2O5. The molecule has 0 bridgehead atoms. The summed E-state index contributed by atoms with van der Waals surface area (Å²) in [5.41, 5.74) is -0.552. The van der Waals surface area contributed by atoms with E-state index in [4.69, 9.17) is 9.31 Å². The van der Waals surface area contributed by atoms with E-state index >= 15 is 0 Å². The Morgan fingerprint density at radius 1 is 1.27 bits per heavy atom. The lowest BCUT2D eigenvalue weighted by Gasteiger charge is -2.32. The van der Waals surface area contributed by atoms with Crippen LogP contribution >= 0.6 is 0 Å². The van der Waals surface area contributed by atoms with E-state index in [2.05, 4.69) is 10.1 Å². The lowest BCUT2D eigenvalue weighted by molar-refractivity contribution is 0.00578. The molecule has 1 aliphatic rings. The Morgan fingerprint density at radius 3 is 2.32 bits per heavy atom. The number of nitrogens with one attached hydrogen (secondary N) is 1. The zero-order valence-electron chi connectivity index (χ0n) is 13.7. The number of rotatable bonds is 2. The molecule has 0 radical (unpaired) electrons. The maximum Gasteiger partial charge on any atom is 0.496 e. The van der Waals surface area contributed by atoms with Gasteiger partial charge in [-0.2, -0.15) is 0 Å². The third kappa shape index (κ3) is 2.89. The van der Waals surface area contributed by atoms with Crippen LogP contribution in [0.1, 0.15) is 27.7 Å². The monoisotopic (exact) mass is 308 g/mol. The fourth-order valence-electron chi connectivity index (χ4n) is 2.10. The molecule has 1 aromatic heterocycles. The Morgan fingerprint density at radius 2 is 1.82 bits per heavy atom. The van der Waals surface area contributed by atoms with Crippen LogP contribution < -0.4 is 16.3 Å². The van der Waals surface area contributed by atoms with Crippen LogP contribution in [0.4, 0.5) is 10.5 Å². The van der Waals surface area contributed by atoms with Gasteiger partial charge in [0.15, 0.2) is 0 Å². The molecule has 1 saturated heterocycles. The van der Waals surface area contributed by atoms with Gasteiger partial charge >= 0.3 is 13.2 Å². The number of carbonyl (C=O) groups is 1. The number of hydrogen-bond donors (Lipinski definition) is 1. The highest BCUT2D eigenvalue weighted by Gasteiger charge is 2.51. The summed E-state index contributed by atoms with van der Waals surface area (Å²) in [7, 11) is 2.22. The summed E-state index contributed by atoms with van der Waals surface area (Å²) in [4.78, 5) is 23.4. The molecule has 0 aliphatic carbocycles. The minimum atomic E-state index is -0.705. The molecule has 1 aliphatic heterocycles. The summed E-state index contributed by atoms with van der Waals surface area (Å²) in [6, 6.07) is 1.54. The number of methoxy groups -OCH3 is 1. The quantitative estimate of drug-likeness (QED) is 0.820. The smallest absolute Gasteiger partial charge is 0.453 e. The van der Waals surface area contributed by atoms with Crippen molar-refractivity contribution in [3.8, 4) is 0 Å². The van der Waals surface area contributed by atoms with Crippen LogP contribution in [0.5, 0.6) is 0 Å². The number of aryl methyl sites for hydroxylation is 1. The average molecular weight is 308 g/mol. The van der Waals surface area contributed by atoms with Crippen molar-refractivity contribution in [2.24, 2.45) is 7.05 Å². The molecule has 0 unspecified atom stereocenters. The fraction of sp³-hybridized carbons (Fsp3) is 0.571. The normalized spacial score (nSPS) is 19.1. The van der Waals surface area contributed by atoms with Crippen molar-refractivity contribution in [1.82, 2.24) is 4.57 Å². The number of pyridine rings is 1. The second-order valence-electron chi connectivity index (χ2n) is 6.31. The number of carbonyl (C=O) groups excluding carboxylic acids is 1. The van der Waals surface area contributed by atoms with Crippen LogP contribution in [0, 0.1) is 0 Å². The zero-order valence-corrected chi connectivity index (χ0v) is 13.7. The van der Waals surface area contributed by atoms with Crippen molar-refractivity contribution < 1.29 is 18.8 Å². The first-order valence-corrected chi connectivity index (χ1v) is 6.98. The first kappa shape index (κ1) is 16.6. The molecule has 0 spiro atoms. The van der Waals surface area contributed by atoms with E-state index in [1.807, 2.05) is 27.7 Å². The van der Waals surface area contributed by atoms with E-state index in [1.165, 1.54) is 11.7 Å². The predicted octanol–water partition coefficient (Wildman–Crippen LogP) is 0.863. The summed E-state index contributed by atoms with van der Waals surface area (Å²) in [6.07, 6.45) is 0.926. The van der Waals surface area contributed by atoms with Gasteiger partial charge in [0.1, 0.15) is 5.69 Å². The van der Waals surface area contributed by atoms with Crippen LogP contribution in [0.2, 0.25) is 0 Å². The molecule has 8 heteroatoms. The molecule has 0 atom stereocenters. The summed E-state index contributed by atoms with van der Waals surface area (Å²) in [5.74, 6) is 0. The Labute approximate surface area is 129 Å². The van der Waals surface area contributed by atoms with Crippen LogP contribution in [-0.4, -0.2) is 36.1 Å². The third-order valence-corrected chi connectivity index (χ3v) is 4.15. The highest BCUT2D eigenvalue weighted by atomic mass is 16.7. The molecule has 1 amide bonds. The molecule has 2 heterocycles. The average Bonchev–Trinajstić information content (AvgIpc) is 2.63. The van der Waals surface area contributed by atoms with Crippen LogP contribution in [0.15, 0.2) is 17.1 Å². The summed E-state index contributed by atoms with van der Waals surface area (Å²) in [6.45, 7) is 7.79. The van der Waals surface area contributed by atoms with E-state index in [1.54, 1.807) is 19.3 Å². The zero-order chi connectivity index (χ0) is 16.7. The van der Waals surface area contributed by atoms with Crippen molar-refractivity contribution in [1.29, 1.82) is 0 Å². The highest BCUT2D eigenvalue weighted by molar-refractivity contribution is 6.62. The fourth-order valence-corrected chi connectivity index (χ4v) is 2.10.